The van der Waals surface area contributed by atoms with Gasteiger partial charge in [-0.15, -0.1) is 0 Å². The van der Waals surface area contributed by atoms with Gasteiger partial charge < -0.3 is 24.6 Å². The van der Waals surface area contributed by atoms with Crippen molar-refractivity contribution in [3.05, 3.63) is 69.8 Å². The molecule has 234 valence electrons. The van der Waals surface area contributed by atoms with Gasteiger partial charge in [-0.2, -0.15) is 0 Å². The van der Waals surface area contributed by atoms with Crippen LogP contribution >= 0.6 is 0 Å². The lowest BCUT2D eigenvalue weighted by Crippen LogP contribution is -2.47. The van der Waals surface area contributed by atoms with Gasteiger partial charge in [-0.05, 0) is 75.0 Å². The average molecular weight is 595 g/mol. The summed E-state index contributed by atoms with van der Waals surface area (Å²) in [6.07, 6.45) is 1.80. The summed E-state index contributed by atoms with van der Waals surface area (Å²) in [5.74, 6) is 0. The van der Waals surface area contributed by atoms with E-state index in [1.54, 1.807) is 21.9 Å². The van der Waals surface area contributed by atoms with E-state index >= 15 is 0 Å². The first-order chi connectivity index (χ1) is 20.1. The Balaban J connectivity index is 1.41. The first kappa shape index (κ1) is 32.1. The van der Waals surface area contributed by atoms with E-state index in [9.17, 15) is 19.7 Å². The van der Waals surface area contributed by atoms with Crippen molar-refractivity contribution in [2.45, 2.75) is 98.6 Å². The molecule has 2 fully saturated rings. The minimum Gasteiger partial charge on any atom is -0.445 e. The Morgan fingerprint density at radius 2 is 1.77 bits per heavy atom. The van der Waals surface area contributed by atoms with Crippen molar-refractivity contribution in [3.8, 4) is 0 Å². The summed E-state index contributed by atoms with van der Waals surface area (Å²) in [6, 6.07) is 14.5. The van der Waals surface area contributed by atoms with Gasteiger partial charge in [0.25, 0.3) is 5.69 Å². The largest absolute Gasteiger partial charge is 0.445 e. The van der Waals surface area contributed by atoms with Crippen molar-refractivity contribution in [2.24, 2.45) is 10.8 Å². The van der Waals surface area contributed by atoms with Crippen LogP contribution in [0.25, 0.3) is 0 Å². The first-order valence-corrected chi connectivity index (χ1v) is 15.0. The molecule has 2 aromatic rings. The molecule has 0 aromatic heterocycles. The number of carbonyl (C=O) groups is 2. The fraction of sp³-hybridized carbons (Fsp3) is 0.576. The fourth-order valence-corrected chi connectivity index (χ4v) is 5.83. The topological polar surface area (TPSA) is 114 Å². The van der Waals surface area contributed by atoms with Crippen molar-refractivity contribution in [1.82, 2.24) is 9.80 Å². The van der Waals surface area contributed by atoms with Crippen LogP contribution in [0.3, 0.4) is 0 Å². The van der Waals surface area contributed by atoms with Crippen LogP contribution in [0.1, 0.15) is 78.9 Å². The maximum Gasteiger partial charge on any atom is 0.410 e. The lowest BCUT2D eigenvalue weighted by Gasteiger charge is -2.45. The Kier molecular flexibility index (Phi) is 9.27. The third-order valence-electron chi connectivity index (χ3n) is 8.58. The van der Waals surface area contributed by atoms with E-state index in [0.717, 1.165) is 24.8 Å². The normalized spacial score (nSPS) is 20.7. The third-order valence-corrected chi connectivity index (χ3v) is 8.58. The number of hydrogen-bond acceptors (Lipinski definition) is 7. The molecule has 1 atom stereocenters. The number of hydrogen-bond donors (Lipinski definition) is 1. The van der Waals surface area contributed by atoms with Crippen LogP contribution in [0.5, 0.6) is 0 Å². The number of rotatable bonds is 8. The number of nitro groups is 1. The second kappa shape index (κ2) is 12.4. The lowest BCUT2D eigenvalue weighted by molar-refractivity contribution is -0.384. The molecule has 1 aliphatic carbocycles. The van der Waals surface area contributed by atoms with E-state index in [1.165, 1.54) is 0 Å². The number of nitrogens with one attached hydrogen (secondary N) is 1. The molecule has 1 N–H and O–H groups in total. The molecule has 1 heterocycles. The maximum atomic E-state index is 13.3. The molecular formula is C33H46N4O6. The molecule has 10 nitrogen and oxygen atoms in total. The highest BCUT2D eigenvalue weighted by atomic mass is 16.6. The summed E-state index contributed by atoms with van der Waals surface area (Å²) in [5, 5.41) is 15.5. The van der Waals surface area contributed by atoms with E-state index in [2.05, 4.69) is 5.32 Å². The molecule has 0 unspecified atom stereocenters. The van der Waals surface area contributed by atoms with Crippen molar-refractivity contribution < 1.29 is 24.0 Å². The van der Waals surface area contributed by atoms with E-state index in [-0.39, 0.29) is 52.8 Å². The molecular weight excluding hydrogens is 548 g/mol. The second-order valence-corrected chi connectivity index (χ2v) is 14.2. The van der Waals surface area contributed by atoms with Gasteiger partial charge >= 0.3 is 12.2 Å². The number of anilines is 1. The molecule has 1 saturated heterocycles. The molecule has 2 aliphatic rings. The van der Waals surface area contributed by atoms with Crippen LogP contribution in [0.2, 0.25) is 0 Å². The monoisotopic (exact) mass is 594 g/mol. The van der Waals surface area contributed by atoms with Crippen molar-refractivity contribution in [3.63, 3.8) is 0 Å². The highest BCUT2D eigenvalue weighted by Gasteiger charge is 2.50. The number of nitrogens with zero attached hydrogens (tertiary/aromatic N) is 3. The zero-order chi connectivity index (χ0) is 31.6. The first-order valence-electron chi connectivity index (χ1n) is 15.0. The van der Waals surface area contributed by atoms with Crippen LogP contribution in [0.15, 0.2) is 48.5 Å². The lowest BCUT2D eigenvalue weighted by atomic mass is 9.65. The fourth-order valence-electron chi connectivity index (χ4n) is 5.83. The average Bonchev–Trinajstić information content (AvgIpc) is 3.35. The van der Waals surface area contributed by atoms with E-state index in [4.69, 9.17) is 9.47 Å². The number of likely N-dealkylation sites (tertiary alicyclic amines) is 1. The summed E-state index contributed by atoms with van der Waals surface area (Å²) < 4.78 is 11.2. The van der Waals surface area contributed by atoms with Crippen molar-refractivity contribution in [1.29, 1.82) is 0 Å². The van der Waals surface area contributed by atoms with Crippen LogP contribution in [0, 0.1) is 20.9 Å². The molecule has 2 aromatic carbocycles. The van der Waals surface area contributed by atoms with Crippen LogP contribution in [-0.2, 0) is 22.6 Å². The zero-order valence-corrected chi connectivity index (χ0v) is 26.5. The van der Waals surface area contributed by atoms with Gasteiger partial charge in [-0.1, -0.05) is 57.2 Å². The minimum absolute atomic E-state index is 0.0208. The summed E-state index contributed by atoms with van der Waals surface area (Å²) in [6.45, 7) is 15.3. The number of ether oxygens (including phenoxy) is 2. The van der Waals surface area contributed by atoms with Gasteiger partial charge in [0.15, 0.2) is 0 Å². The zero-order valence-electron chi connectivity index (χ0n) is 26.5. The molecule has 43 heavy (non-hydrogen) atoms. The number of nitro benzene ring substituents is 1. The van der Waals surface area contributed by atoms with E-state index in [0.29, 0.717) is 24.3 Å². The Hall–Kier alpha value is -3.82. The SMILES string of the molecule is C[C@H](N(Cc1ccc(NC2CC3(CCN(C(=O)OC(C)(C)C)C3)C2)c([N+](=O)[O-])c1)C(=O)OCc1ccccc1)C(C)(C)C. The molecule has 2 amide bonds. The van der Waals surface area contributed by atoms with Gasteiger partial charge in [0.2, 0.25) is 0 Å². The number of carbonyl (C=O) groups excluding carboxylic acids is 2. The quantitative estimate of drug-likeness (QED) is 0.251. The van der Waals surface area contributed by atoms with Crippen LogP contribution in [-0.4, -0.2) is 57.7 Å². The standard InChI is InChI=1S/C33H46N4O6/c1-23(31(2,3)4)36(30(39)42-21-24-11-9-8-10-12-24)20-25-13-14-27(28(17-25)37(40)41)34-26-18-33(19-26)15-16-35(22-33)29(38)43-32(5,6)7/h8-14,17,23,26,34H,15-16,18-22H2,1-7H3/t23-,26?,33?/m0/s1. The molecule has 4 rings (SSSR count). The summed E-state index contributed by atoms with van der Waals surface area (Å²) >= 11 is 0. The molecule has 1 aliphatic heterocycles. The number of benzene rings is 2. The molecule has 1 spiro atoms. The Morgan fingerprint density at radius 3 is 2.37 bits per heavy atom. The predicted molar refractivity (Wildman–Crippen MR) is 166 cm³/mol. The maximum absolute atomic E-state index is 13.3. The molecule has 0 bridgehead atoms. The summed E-state index contributed by atoms with van der Waals surface area (Å²) in [5.41, 5.74) is 1.22. The van der Waals surface area contributed by atoms with Crippen LogP contribution < -0.4 is 5.32 Å². The van der Waals surface area contributed by atoms with Crippen LogP contribution in [0.4, 0.5) is 21.0 Å². The number of amides is 2. The Bertz CT molecular complexity index is 1310. The van der Waals surface area contributed by atoms with Gasteiger partial charge in [-0.3, -0.25) is 10.1 Å². The van der Waals surface area contributed by atoms with Gasteiger partial charge in [0.05, 0.1) is 4.92 Å². The van der Waals surface area contributed by atoms with Gasteiger partial charge in [-0.25, -0.2) is 9.59 Å². The summed E-state index contributed by atoms with van der Waals surface area (Å²) in [4.78, 5) is 40.9. The van der Waals surface area contributed by atoms with Crippen molar-refractivity contribution >= 4 is 23.6 Å². The molecule has 10 heteroatoms. The molecule has 0 radical (unpaired) electrons. The highest BCUT2D eigenvalue weighted by molar-refractivity contribution is 5.69. The Morgan fingerprint density at radius 1 is 1.09 bits per heavy atom. The summed E-state index contributed by atoms with van der Waals surface area (Å²) in [7, 11) is 0. The molecule has 1 saturated carbocycles. The smallest absolute Gasteiger partial charge is 0.410 e. The van der Waals surface area contributed by atoms with Gasteiger partial charge in [0.1, 0.15) is 17.9 Å². The van der Waals surface area contributed by atoms with Crippen molar-refractivity contribution in [2.75, 3.05) is 18.4 Å². The van der Waals surface area contributed by atoms with Gasteiger partial charge in [0, 0.05) is 37.8 Å². The Labute approximate surface area is 254 Å². The predicted octanol–water partition coefficient (Wildman–Crippen LogP) is 7.37. The van der Waals surface area contributed by atoms with E-state index < -0.39 is 11.7 Å². The minimum atomic E-state index is -0.536. The highest BCUT2D eigenvalue weighted by Crippen LogP contribution is 2.50. The second-order valence-electron chi connectivity index (χ2n) is 14.2. The third kappa shape index (κ3) is 8.18. The van der Waals surface area contributed by atoms with E-state index in [1.807, 2.05) is 84.9 Å².